The lowest BCUT2D eigenvalue weighted by Gasteiger charge is -2.16. The lowest BCUT2D eigenvalue weighted by Crippen LogP contribution is -2.25. The molecule has 6 nitrogen and oxygen atoms in total. The molecule has 3 aromatic carbocycles. The van der Waals surface area contributed by atoms with Gasteiger partial charge >= 0.3 is 11.4 Å². The second-order valence-corrected chi connectivity index (χ2v) is 7.32. The smallest absolute Gasteiger partial charge is 0.442 e. The molecule has 0 bridgehead atoms. The van der Waals surface area contributed by atoms with Crippen molar-refractivity contribution in [2.45, 2.75) is 6.61 Å². The van der Waals surface area contributed by atoms with Gasteiger partial charge in [-0.2, -0.15) is 0 Å². The first-order valence-electron chi connectivity index (χ1n) is 9.01. The maximum atomic E-state index is 12.5. The number of hydrogen-bond acceptors (Lipinski definition) is 4. The second-order valence-electron chi connectivity index (χ2n) is 6.50. The Morgan fingerprint density at radius 2 is 1.57 bits per heavy atom. The Morgan fingerprint density at radius 3 is 2.20 bits per heavy atom. The van der Waals surface area contributed by atoms with Crippen LogP contribution in [0.1, 0.15) is 5.56 Å². The molecule has 0 aliphatic heterocycles. The number of nitrogens with zero attached hydrogens (tertiary/aromatic N) is 2. The van der Waals surface area contributed by atoms with Gasteiger partial charge in [-0.1, -0.05) is 71.7 Å². The minimum atomic E-state index is -0.773. The number of ether oxygens (including phenoxy) is 1. The van der Waals surface area contributed by atoms with E-state index in [1.54, 1.807) is 30.3 Å². The zero-order chi connectivity index (χ0) is 21.3. The van der Waals surface area contributed by atoms with E-state index in [0.717, 1.165) is 20.4 Å². The Hall–Kier alpha value is -3.22. The molecule has 4 rings (SSSR count). The number of benzene rings is 3. The van der Waals surface area contributed by atoms with Crippen LogP contribution >= 0.6 is 23.2 Å². The van der Waals surface area contributed by atoms with Crippen molar-refractivity contribution in [1.29, 1.82) is 0 Å². The van der Waals surface area contributed by atoms with Crippen LogP contribution < -0.4 is 16.2 Å². The van der Waals surface area contributed by atoms with Crippen molar-refractivity contribution in [3.63, 3.8) is 0 Å². The summed E-state index contributed by atoms with van der Waals surface area (Å²) in [6.45, 7) is 0.0567. The third-order valence-electron chi connectivity index (χ3n) is 4.62. The quantitative estimate of drug-likeness (QED) is 0.449. The fourth-order valence-corrected chi connectivity index (χ4v) is 3.55. The standard InChI is InChI=1S/C22H16Cl2N2O4/c1-25-21(27)26(30-22(25)28)19-12-5-9-15(14-7-3-2-4-8-14)20(19)29-13-16-17(23)10-6-11-18(16)24/h2-12H,13H2,1H3. The average molecular weight is 443 g/mol. The van der Waals surface area contributed by atoms with Crippen LogP contribution in [-0.4, -0.2) is 9.31 Å². The predicted molar refractivity (Wildman–Crippen MR) is 116 cm³/mol. The van der Waals surface area contributed by atoms with Crippen LogP contribution in [-0.2, 0) is 13.7 Å². The van der Waals surface area contributed by atoms with Crippen molar-refractivity contribution in [1.82, 2.24) is 9.31 Å². The molecule has 30 heavy (non-hydrogen) atoms. The van der Waals surface area contributed by atoms with Crippen LogP contribution in [0.3, 0.4) is 0 Å². The summed E-state index contributed by atoms with van der Waals surface area (Å²) in [6, 6.07) is 20.0. The summed E-state index contributed by atoms with van der Waals surface area (Å²) in [4.78, 5) is 24.4. The van der Waals surface area contributed by atoms with Crippen molar-refractivity contribution >= 4 is 23.2 Å². The van der Waals surface area contributed by atoms with Crippen LogP contribution in [0.25, 0.3) is 16.8 Å². The molecular weight excluding hydrogens is 427 g/mol. The van der Waals surface area contributed by atoms with E-state index in [2.05, 4.69) is 0 Å². The fourth-order valence-electron chi connectivity index (χ4n) is 3.04. The first-order valence-corrected chi connectivity index (χ1v) is 9.77. The van der Waals surface area contributed by atoms with Crippen molar-refractivity contribution in [3.05, 3.63) is 103 Å². The van der Waals surface area contributed by atoms with Crippen molar-refractivity contribution in [3.8, 4) is 22.6 Å². The molecule has 1 heterocycles. The summed E-state index contributed by atoms with van der Waals surface area (Å²) in [5.41, 5.74) is 1.87. The van der Waals surface area contributed by atoms with E-state index in [4.69, 9.17) is 32.5 Å². The van der Waals surface area contributed by atoms with E-state index in [0.29, 0.717) is 27.0 Å². The average Bonchev–Trinajstić information content (AvgIpc) is 3.01. The molecule has 0 unspecified atom stereocenters. The summed E-state index contributed by atoms with van der Waals surface area (Å²) < 4.78 is 13.1. The van der Waals surface area contributed by atoms with Crippen molar-refractivity contribution in [2.24, 2.45) is 7.05 Å². The van der Waals surface area contributed by atoms with E-state index in [1.807, 2.05) is 36.4 Å². The van der Waals surface area contributed by atoms with E-state index >= 15 is 0 Å². The molecule has 0 aliphatic rings. The molecule has 0 spiro atoms. The molecule has 0 N–H and O–H groups in total. The third kappa shape index (κ3) is 3.67. The largest absolute Gasteiger partial charge is 0.486 e. The maximum Gasteiger partial charge on any atom is 0.442 e. The zero-order valence-corrected chi connectivity index (χ0v) is 17.4. The third-order valence-corrected chi connectivity index (χ3v) is 5.33. The highest BCUT2D eigenvalue weighted by molar-refractivity contribution is 6.35. The number of para-hydroxylation sites is 1. The second kappa shape index (κ2) is 8.26. The molecule has 0 saturated carbocycles. The van der Waals surface area contributed by atoms with Gasteiger partial charge < -0.3 is 9.26 Å². The van der Waals surface area contributed by atoms with E-state index < -0.39 is 11.4 Å². The van der Waals surface area contributed by atoms with Gasteiger partial charge in [-0.05, 0) is 23.8 Å². The predicted octanol–water partition coefficient (Wildman–Crippen LogP) is 4.68. The summed E-state index contributed by atoms with van der Waals surface area (Å²) in [6.07, 6.45) is 0. The minimum Gasteiger partial charge on any atom is -0.486 e. The number of rotatable bonds is 5. The van der Waals surface area contributed by atoms with E-state index in [1.165, 1.54) is 7.05 Å². The van der Waals surface area contributed by atoms with Crippen LogP contribution in [0.2, 0.25) is 10.0 Å². The minimum absolute atomic E-state index is 0.0567. The van der Waals surface area contributed by atoms with Crippen LogP contribution in [0.4, 0.5) is 0 Å². The van der Waals surface area contributed by atoms with Gasteiger partial charge in [0.2, 0.25) is 0 Å². The fraction of sp³-hybridized carbons (Fsp3) is 0.0909. The molecule has 0 fully saturated rings. The molecule has 4 aromatic rings. The van der Waals surface area contributed by atoms with Gasteiger partial charge in [0.05, 0.1) is 0 Å². The van der Waals surface area contributed by atoms with Crippen LogP contribution in [0, 0.1) is 0 Å². The molecule has 0 amide bonds. The maximum absolute atomic E-state index is 12.5. The molecule has 0 saturated heterocycles. The summed E-state index contributed by atoms with van der Waals surface area (Å²) in [5, 5.41) is 0.925. The van der Waals surface area contributed by atoms with E-state index in [-0.39, 0.29) is 6.61 Å². The van der Waals surface area contributed by atoms with Gasteiger partial charge in [-0.15, -0.1) is 4.74 Å². The van der Waals surface area contributed by atoms with Gasteiger partial charge in [0, 0.05) is 28.2 Å². The van der Waals surface area contributed by atoms with Gasteiger partial charge in [-0.3, -0.25) is 0 Å². The first-order chi connectivity index (χ1) is 14.5. The zero-order valence-electron chi connectivity index (χ0n) is 15.8. The Morgan fingerprint density at radius 1 is 0.900 bits per heavy atom. The summed E-state index contributed by atoms with van der Waals surface area (Å²) in [5.74, 6) is -0.415. The Labute approximate surface area is 181 Å². The summed E-state index contributed by atoms with van der Waals surface area (Å²) >= 11 is 12.6. The Kier molecular flexibility index (Phi) is 5.53. The van der Waals surface area contributed by atoms with Crippen molar-refractivity contribution in [2.75, 3.05) is 0 Å². The molecule has 0 aliphatic carbocycles. The summed E-state index contributed by atoms with van der Waals surface area (Å²) in [7, 11) is 1.34. The molecule has 1 aromatic heterocycles. The van der Waals surface area contributed by atoms with Gasteiger partial charge in [0.15, 0.2) is 5.75 Å². The highest BCUT2D eigenvalue weighted by atomic mass is 35.5. The van der Waals surface area contributed by atoms with Gasteiger partial charge in [0.25, 0.3) is 0 Å². The number of hydrogen-bond donors (Lipinski definition) is 0. The highest BCUT2D eigenvalue weighted by Crippen LogP contribution is 2.36. The van der Waals surface area contributed by atoms with Gasteiger partial charge in [0.1, 0.15) is 12.3 Å². The lowest BCUT2D eigenvalue weighted by molar-refractivity contribution is 0.281. The Bertz CT molecular complexity index is 1300. The normalized spacial score (nSPS) is 10.9. The molecule has 0 atom stereocenters. The molecular formula is C22H16Cl2N2O4. The monoisotopic (exact) mass is 442 g/mol. The van der Waals surface area contributed by atoms with Gasteiger partial charge in [-0.25, -0.2) is 14.2 Å². The SMILES string of the molecule is Cn1c(=O)on(-c2cccc(-c3ccccc3)c2OCc2c(Cl)cccc2Cl)c1=O. The molecule has 8 heteroatoms. The van der Waals surface area contributed by atoms with Crippen molar-refractivity contribution < 1.29 is 9.26 Å². The lowest BCUT2D eigenvalue weighted by atomic mass is 10.0. The highest BCUT2D eigenvalue weighted by Gasteiger charge is 2.19. The first kappa shape index (κ1) is 20.1. The number of halogens is 2. The Balaban J connectivity index is 1.88. The molecule has 0 radical (unpaired) electrons. The molecule has 152 valence electrons. The van der Waals surface area contributed by atoms with Crippen LogP contribution in [0.5, 0.6) is 5.75 Å². The topological polar surface area (TPSA) is 66.4 Å². The van der Waals surface area contributed by atoms with E-state index in [9.17, 15) is 9.59 Å². The van der Waals surface area contributed by atoms with Crippen LogP contribution in [0.15, 0.2) is 80.8 Å². The number of aromatic nitrogens is 2.